The summed E-state index contributed by atoms with van der Waals surface area (Å²) in [6.07, 6.45) is -0.750. The molecule has 0 radical (unpaired) electrons. The van der Waals surface area contributed by atoms with Crippen LogP contribution in [-0.2, 0) is 9.53 Å². The smallest absolute Gasteiger partial charge is 0.335 e. The molecule has 20 heavy (non-hydrogen) atoms. The van der Waals surface area contributed by atoms with E-state index in [1.165, 1.54) is 25.3 Å². The van der Waals surface area contributed by atoms with E-state index in [9.17, 15) is 9.59 Å². The number of methoxy groups -OCH3 is 1. The molecule has 0 spiro atoms. The minimum atomic E-state index is -1.08. The number of carboxylic acids is 1. The first-order valence-corrected chi connectivity index (χ1v) is 6.29. The van der Waals surface area contributed by atoms with Crippen LogP contribution in [0.25, 0.3) is 0 Å². The quantitative estimate of drug-likeness (QED) is 0.747. The SMILES string of the molecule is COCCNC(=O)C(C)Oc1ccc(C(=O)O)cc1Cl. The summed E-state index contributed by atoms with van der Waals surface area (Å²) in [4.78, 5) is 22.4. The van der Waals surface area contributed by atoms with Crippen LogP contribution < -0.4 is 10.1 Å². The van der Waals surface area contributed by atoms with Gasteiger partial charge in [0.1, 0.15) is 5.75 Å². The molecule has 1 rings (SSSR count). The highest BCUT2D eigenvalue weighted by molar-refractivity contribution is 6.32. The van der Waals surface area contributed by atoms with Crippen LogP contribution in [0, 0.1) is 0 Å². The maximum atomic E-state index is 11.7. The lowest BCUT2D eigenvalue weighted by molar-refractivity contribution is -0.127. The number of carboxylic acid groups (broad SMARTS) is 1. The van der Waals surface area contributed by atoms with E-state index in [4.69, 9.17) is 26.2 Å². The minimum Gasteiger partial charge on any atom is -0.479 e. The molecule has 0 aliphatic carbocycles. The zero-order valence-electron chi connectivity index (χ0n) is 11.2. The van der Waals surface area contributed by atoms with Crippen LogP contribution >= 0.6 is 11.6 Å². The van der Waals surface area contributed by atoms with Gasteiger partial charge in [-0.1, -0.05) is 11.6 Å². The number of amides is 1. The van der Waals surface area contributed by atoms with Crippen LogP contribution in [0.4, 0.5) is 0 Å². The molecule has 0 heterocycles. The van der Waals surface area contributed by atoms with E-state index in [2.05, 4.69) is 5.32 Å². The number of carbonyl (C=O) groups excluding carboxylic acids is 1. The molecule has 1 unspecified atom stereocenters. The van der Waals surface area contributed by atoms with Crippen molar-refractivity contribution in [1.82, 2.24) is 5.32 Å². The first-order valence-electron chi connectivity index (χ1n) is 5.92. The van der Waals surface area contributed by atoms with Crippen LogP contribution in [0.5, 0.6) is 5.75 Å². The zero-order chi connectivity index (χ0) is 15.1. The highest BCUT2D eigenvalue weighted by Gasteiger charge is 2.16. The van der Waals surface area contributed by atoms with Crippen molar-refractivity contribution in [1.29, 1.82) is 0 Å². The molecule has 2 N–H and O–H groups in total. The lowest BCUT2D eigenvalue weighted by Crippen LogP contribution is -2.37. The van der Waals surface area contributed by atoms with Crippen molar-refractivity contribution >= 4 is 23.5 Å². The van der Waals surface area contributed by atoms with Crippen LogP contribution in [0.15, 0.2) is 18.2 Å². The van der Waals surface area contributed by atoms with Crippen molar-refractivity contribution < 1.29 is 24.2 Å². The molecule has 0 aliphatic heterocycles. The van der Waals surface area contributed by atoms with E-state index in [1.54, 1.807) is 6.92 Å². The summed E-state index contributed by atoms with van der Waals surface area (Å²) in [5, 5.41) is 11.6. The molecule has 1 aromatic carbocycles. The second kappa shape index (κ2) is 7.72. The molecule has 1 aromatic rings. The highest BCUT2D eigenvalue weighted by atomic mass is 35.5. The maximum Gasteiger partial charge on any atom is 0.335 e. The Morgan fingerprint density at radius 3 is 2.70 bits per heavy atom. The summed E-state index contributed by atoms with van der Waals surface area (Å²) in [6, 6.07) is 4.05. The monoisotopic (exact) mass is 301 g/mol. The molecule has 1 atom stereocenters. The lowest BCUT2D eigenvalue weighted by Gasteiger charge is -2.15. The van der Waals surface area contributed by atoms with Gasteiger partial charge >= 0.3 is 5.97 Å². The van der Waals surface area contributed by atoms with Crippen LogP contribution in [0.2, 0.25) is 5.02 Å². The van der Waals surface area contributed by atoms with Crippen molar-refractivity contribution in [2.45, 2.75) is 13.0 Å². The predicted molar refractivity (Wildman–Crippen MR) is 73.4 cm³/mol. The predicted octanol–water partition coefficient (Wildman–Crippen LogP) is 1.57. The Kier molecular flexibility index (Phi) is 6.27. The van der Waals surface area contributed by atoms with Crippen molar-refractivity contribution in [2.24, 2.45) is 0 Å². The molecule has 0 saturated carbocycles. The van der Waals surface area contributed by atoms with Gasteiger partial charge in [-0.15, -0.1) is 0 Å². The molecule has 0 saturated heterocycles. The molecular weight excluding hydrogens is 286 g/mol. The Labute approximate surface area is 121 Å². The first kappa shape index (κ1) is 16.3. The third kappa shape index (κ3) is 4.71. The standard InChI is InChI=1S/C13H16ClNO5/c1-8(12(16)15-5-6-19-2)20-11-4-3-9(13(17)18)7-10(11)14/h3-4,7-8H,5-6H2,1-2H3,(H,15,16)(H,17,18). The number of nitrogens with one attached hydrogen (secondary N) is 1. The van der Waals surface area contributed by atoms with Crippen LogP contribution in [0.1, 0.15) is 17.3 Å². The average molecular weight is 302 g/mol. The molecule has 1 amide bonds. The second-order valence-electron chi connectivity index (χ2n) is 3.99. The van der Waals surface area contributed by atoms with Gasteiger partial charge in [0.25, 0.3) is 5.91 Å². The van der Waals surface area contributed by atoms with Gasteiger partial charge < -0.3 is 19.9 Å². The lowest BCUT2D eigenvalue weighted by atomic mass is 10.2. The van der Waals surface area contributed by atoms with Gasteiger partial charge in [0.2, 0.25) is 0 Å². The van der Waals surface area contributed by atoms with E-state index in [-0.39, 0.29) is 22.2 Å². The highest BCUT2D eigenvalue weighted by Crippen LogP contribution is 2.26. The average Bonchev–Trinajstić information content (AvgIpc) is 2.40. The van der Waals surface area contributed by atoms with Crippen molar-refractivity contribution in [3.8, 4) is 5.75 Å². The maximum absolute atomic E-state index is 11.7. The Morgan fingerprint density at radius 1 is 1.45 bits per heavy atom. The number of rotatable bonds is 7. The van der Waals surface area contributed by atoms with Crippen molar-refractivity contribution in [3.05, 3.63) is 28.8 Å². The molecule has 6 nitrogen and oxygen atoms in total. The van der Waals surface area contributed by atoms with E-state index >= 15 is 0 Å². The summed E-state index contributed by atoms with van der Waals surface area (Å²) in [7, 11) is 1.54. The van der Waals surface area contributed by atoms with Crippen LogP contribution in [-0.4, -0.2) is 43.3 Å². The Hall–Kier alpha value is -1.79. The molecule has 0 aromatic heterocycles. The van der Waals surface area contributed by atoms with Gasteiger partial charge in [-0.25, -0.2) is 4.79 Å². The minimum absolute atomic E-state index is 0.0551. The van der Waals surface area contributed by atoms with Crippen molar-refractivity contribution in [2.75, 3.05) is 20.3 Å². The Balaban J connectivity index is 2.63. The Morgan fingerprint density at radius 2 is 2.15 bits per heavy atom. The number of aromatic carboxylic acids is 1. The number of hydrogen-bond donors (Lipinski definition) is 2. The third-order valence-corrected chi connectivity index (χ3v) is 2.75. The van der Waals surface area contributed by atoms with E-state index < -0.39 is 12.1 Å². The summed E-state index contributed by atoms with van der Waals surface area (Å²) >= 11 is 5.91. The molecular formula is C13H16ClNO5. The number of benzene rings is 1. The largest absolute Gasteiger partial charge is 0.479 e. The summed E-state index contributed by atoms with van der Waals surface area (Å²) < 4.78 is 10.2. The van der Waals surface area contributed by atoms with Crippen molar-refractivity contribution in [3.63, 3.8) is 0 Å². The molecule has 0 fully saturated rings. The number of hydrogen-bond acceptors (Lipinski definition) is 4. The summed E-state index contributed by atoms with van der Waals surface area (Å²) in [5.74, 6) is -1.13. The number of ether oxygens (including phenoxy) is 2. The molecule has 0 aliphatic rings. The summed E-state index contributed by atoms with van der Waals surface area (Å²) in [5.41, 5.74) is 0.0551. The normalized spacial score (nSPS) is 11.8. The number of carbonyl (C=O) groups is 2. The van der Waals surface area contributed by atoms with Gasteiger partial charge in [0.05, 0.1) is 17.2 Å². The van der Waals surface area contributed by atoms with Gasteiger partial charge in [0.15, 0.2) is 6.10 Å². The van der Waals surface area contributed by atoms with Gasteiger partial charge in [-0.2, -0.15) is 0 Å². The topological polar surface area (TPSA) is 84.9 Å². The Bertz CT molecular complexity index is 492. The summed E-state index contributed by atoms with van der Waals surface area (Å²) in [6.45, 7) is 2.37. The van der Waals surface area contributed by atoms with E-state index in [0.717, 1.165) is 0 Å². The molecule has 0 bridgehead atoms. The number of halogens is 1. The second-order valence-corrected chi connectivity index (χ2v) is 4.40. The van der Waals surface area contributed by atoms with Crippen LogP contribution in [0.3, 0.4) is 0 Å². The zero-order valence-corrected chi connectivity index (χ0v) is 11.9. The third-order valence-electron chi connectivity index (χ3n) is 2.46. The molecule has 110 valence electrons. The van der Waals surface area contributed by atoms with Gasteiger partial charge in [-0.3, -0.25) is 4.79 Å². The van der Waals surface area contributed by atoms with E-state index in [1.807, 2.05) is 0 Å². The molecule has 7 heteroatoms. The van der Waals surface area contributed by atoms with E-state index in [0.29, 0.717) is 13.2 Å². The van der Waals surface area contributed by atoms with Gasteiger partial charge in [-0.05, 0) is 25.1 Å². The fraction of sp³-hybridized carbons (Fsp3) is 0.385. The fourth-order valence-electron chi connectivity index (χ4n) is 1.39. The van der Waals surface area contributed by atoms with Gasteiger partial charge in [0, 0.05) is 13.7 Å². The first-order chi connectivity index (χ1) is 9.45. The fourth-order valence-corrected chi connectivity index (χ4v) is 1.62.